The van der Waals surface area contributed by atoms with Crippen molar-refractivity contribution in [2.24, 2.45) is 11.8 Å². The van der Waals surface area contributed by atoms with Crippen LogP contribution in [0.15, 0.2) is 12.3 Å². The molecule has 0 amide bonds. The van der Waals surface area contributed by atoms with Gasteiger partial charge in [-0.3, -0.25) is 4.68 Å². The van der Waals surface area contributed by atoms with Gasteiger partial charge < -0.3 is 5.11 Å². The monoisotopic (exact) mass is 248 g/mol. The zero-order valence-corrected chi connectivity index (χ0v) is 11.5. The van der Waals surface area contributed by atoms with Crippen LogP contribution in [0.1, 0.15) is 57.7 Å². The van der Waals surface area contributed by atoms with Gasteiger partial charge in [0.05, 0.1) is 11.3 Å². The smallest absolute Gasteiger partial charge is 0.0734 e. The third-order valence-electron chi connectivity index (χ3n) is 5.14. The molecular formula is C15H24N2O. The van der Waals surface area contributed by atoms with Crippen molar-refractivity contribution in [3.05, 3.63) is 18.0 Å². The fourth-order valence-electron chi connectivity index (χ4n) is 3.85. The second kappa shape index (κ2) is 4.37. The van der Waals surface area contributed by atoms with Crippen molar-refractivity contribution in [3.8, 4) is 0 Å². The Hall–Kier alpha value is -0.830. The van der Waals surface area contributed by atoms with Gasteiger partial charge in [0, 0.05) is 18.7 Å². The standard InChI is InChI=1S/C15H24N2O/c1-3-11(2)17-7-6-14(16-17)10-15(18)9-12-4-5-13(15)8-12/h6-7,11-13,18H,3-5,8-10H2,1-2H3. The first-order chi connectivity index (χ1) is 8.60. The largest absolute Gasteiger partial charge is 0.389 e. The molecule has 1 aromatic heterocycles. The van der Waals surface area contributed by atoms with Gasteiger partial charge in [0.1, 0.15) is 0 Å². The molecule has 4 unspecified atom stereocenters. The molecule has 2 fully saturated rings. The van der Waals surface area contributed by atoms with E-state index >= 15 is 0 Å². The summed E-state index contributed by atoms with van der Waals surface area (Å²) in [6, 6.07) is 2.53. The van der Waals surface area contributed by atoms with Crippen LogP contribution in [-0.4, -0.2) is 20.5 Å². The molecule has 3 nitrogen and oxygen atoms in total. The molecule has 0 radical (unpaired) electrons. The minimum Gasteiger partial charge on any atom is -0.389 e. The van der Waals surface area contributed by atoms with E-state index in [1.807, 2.05) is 4.68 Å². The highest BCUT2D eigenvalue weighted by Gasteiger charge is 2.49. The molecule has 1 N–H and O–H groups in total. The highest BCUT2D eigenvalue weighted by Crippen LogP contribution is 2.51. The summed E-state index contributed by atoms with van der Waals surface area (Å²) >= 11 is 0. The van der Waals surface area contributed by atoms with Gasteiger partial charge in [0.2, 0.25) is 0 Å². The predicted molar refractivity (Wildman–Crippen MR) is 71.3 cm³/mol. The second-order valence-corrected chi connectivity index (χ2v) is 6.40. The van der Waals surface area contributed by atoms with Crippen molar-refractivity contribution >= 4 is 0 Å². The minimum atomic E-state index is -0.461. The maximum Gasteiger partial charge on any atom is 0.0734 e. The van der Waals surface area contributed by atoms with Gasteiger partial charge in [-0.15, -0.1) is 0 Å². The average molecular weight is 248 g/mol. The Balaban J connectivity index is 1.71. The first-order valence-electron chi connectivity index (χ1n) is 7.37. The quantitative estimate of drug-likeness (QED) is 0.889. The van der Waals surface area contributed by atoms with Crippen molar-refractivity contribution in [1.82, 2.24) is 9.78 Å². The van der Waals surface area contributed by atoms with Gasteiger partial charge in [-0.05, 0) is 56.9 Å². The topological polar surface area (TPSA) is 38.0 Å². The Labute approximate surface area is 109 Å². The molecule has 2 saturated carbocycles. The van der Waals surface area contributed by atoms with Gasteiger partial charge in [-0.1, -0.05) is 6.92 Å². The number of hydrogen-bond donors (Lipinski definition) is 1. The fraction of sp³-hybridized carbons (Fsp3) is 0.800. The van der Waals surface area contributed by atoms with Crippen LogP contribution in [0.2, 0.25) is 0 Å². The van der Waals surface area contributed by atoms with E-state index in [9.17, 15) is 5.11 Å². The van der Waals surface area contributed by atoms with Crippen LogP contribution in [0.5, 0.6) is 0 Å². The first-order valence-corrected chi connectivity index (χ1v) is 7.37. The van der Waals surface area contributed by atoms with E-state index in [0.717, 1.165) is 30.9 Å². The minimum absolute atomic E-state index is 0.452. The number of nitrogens with zero attached hydrogens (tertiary/aromatic N) is 2. The molecule has 0 spiro atoms. The van der Waals surface area contributed by atoms with E-state index in [1.165, 1.54) is 19.3 Å². The fourth-order valence-corrected chi connectivity index (χ4v) is 3.85. The third kappa shape index (κ3) is 1.99. The summed E-state index contributed by atoms with van der Waals surface area (Å²) in [5, 5.41) is 15.4. The van der Waals surface area contributed by atoms with Crippen LogP contribution < -0.4 is 0 Å². The third-order valence-corrected chi connectivity index (χ3v) is 5.14. The summed E-state index contributed by atoms with van der Waals surface area (Å²) in [6.07, 6.45) is 8.67. The Morgan fingerprint density at radius 1 is 1.56 bits per heavy atom. The summed E-state index contributed by atoms with van der Waals surface area (Å²) in [5.41, 5.74) is 0.600. The van der Waals surface area contributed by atoms with Crippen molar-refractivity contribution in [3.63, 3.8) is 0 Å². The van der Waals surface area contributed by atoms with Gasteiger partial charge >= 0.3 is 0 Å². The molecule has 2 bridgehead atoms. The van der Waals surface area contributed by atoms with E-state index in [1.54, 1.807) is 0 Å². The summed E-state index contributed by atoms with van der Waals surface area (Å²) < 4.78 is 2.03. The highest BCUT2D eigenvalue weighted by molar-refractivity contribution is 5.10. The van der Waals surface area contributed by atoms with Crippen LogP contribution in [0.4, 0.5) is 0 Å². The van der Waals surface area contributed by atoms with Crippen LogP contribution in [0.25, 0.3) is 0 Å². The second-order valence-electron chi connectivity index (χ2n) is 6.40. The van der Waals surface area contributed by atoms with E-state index in [-0.39, 0.29) is 0 Å². The van der Waals surface area contributed by atoms with E-state index < -0.39 is 5.60 Å². The summed E-state index contributed by atoms with van der Waals surface area (Å²) in [4.78, 5) is 0. The maximum absolute atomic E-state index is 10.8. The Morgan fingerprint density at radius 2 is 2.39 bits per heavy atom. The SMILES string of the molecule is CCC(C)n1ccc(CC2(O)CC3CCC2C3)n1. The van der Waals surface area contributed by atoms with Crippen molar-refractivity contribution in [2.75, 3.05) is 0 Å². The highest BCUT2D eigenvalue weighted by atomic mass is 16.3. The van der Waals surface area contributed by atoms with Crippen LogP contribution in [0.3, 0.4) is 0 Å². The molecule has 2 aliphatic carbocycles. The van der Waals surface area contributed by atoms with Gasteiger partial charge in [-0.25, -0.2) is 0 Å². The lowest BCUT2D eigenvalue weighted by Gasteiger charge is -2.31. The Bertz CT molecular complexity index is 428. The number of hydrogen-bond acceptors (Lipinski definition) is 2. The lowest BCUT2D eigenvalue weighted by molar-refractivity contribution is -0.0134. The molecule has 2 aliphatic rings. The van der Waals surface area contributed by atoms with Gasteiger partial charge in [0.25, 0.3) is 0 Å². The van der Waals surface area contributed by atoms with E-state index in [0.29, 0.717) is 12.0 Å². The first kappa shape index (κ1) is 12.2. The molecule has 1 heterocycles. The maximum atomic E-state index is 10.8. The Kier molecular flexibility index (Phi) is 2.97. The lowest BCUT2D eigenvalue weighted by Crippen LogP contribution is -2.37. The summed E-state index contributed by atoms with van der Waals surface area (Å²) in [6.45, 7) is 4.36. The lowest BCUT2D eigenvalue weighted by atomic mass is 9.81. The van der Waals surface area contributed by atoms with Crippen LogP contribution >= 0.6 is 0 Å². The van der Waals surface area contributed by atoms with Crippen molar-refractivity contribution in [2.45, 2.75) is 64.0 Å². The zero-order chi connectivity index (χ0) is 12.8. The molecular weight excluding hydrogens is 224 g/mol. The summed E-state index contributed by atoms with van der Waals surface area (Å²) in [5.74, 6) is 1.30. The van der Waals surface area contributed by atoms with Crippen molar-refractivity contribution in [1.29, 1.82) is 0 Å². The predicted octanol–water partition coefficient (Wildman–Crippen LogP) is 2.95. The Morgan fingerprint density at radius 3 is 3.00 bits per heavy atom. The van der Waals surface area contributed by atoms with E-state index in [4.69, 9.17) is 0 Å². The van der Waals surface area contributed by atoms with Crippen molar-refractivity contribution < 1.29 is 5.11 Å². The molecule has 1 aromatic rings. The molecule has 18 heavy (non-hydrogen) atoms. The number of aromatic nitrogens is 2. The molecule has 100 valence electrons. The molecule has 0 saturated heterocycles. The average Bonchev–Trinajstić information content (AvgIpc) is 3.02. The zero-order valence-electron chi connectivity index (χ0n) is 11.5. The van der Waals surface area contributed by atoms with E-state index in [2.05, 4.69) is 31.2 Å². The molecule has 0 aliphatic heterocycles. The van der Waals surface area contributed by atoms with Gasteiger partial charge in [0.15, 0.2) is 0 Å². The molecule has 0 aromatic carbocycles. The van der Waals surface area contributed by atoms with Crippen LogP contribution in [-0.2, 0) is 6.42 Å². The normalized spacial score (nSPS) is 36.2. The van der Waals surface area contributed by atoms with Gasteiger partial charge in [-0.2, -0.15) is 5.10 Å². The molecule has 3 heteroatoms. The number of rotatable bonds is 4. The summed E-state index contributed by atoms with van der Waals surface area (Å²) in [7, 11) is 0. The molecule has 4 atom stereocenters. The number of fused-ring (bicyclic) bond motifs is 2. The molecule has 3 rings (SSSR count). The number of aliphatic hydroxyl groups is 1. The van der Waals surface area contributed by atoms with Crippen LogP contribution in [0, 0.1) is 11.8 Å².